The van der Waals surface area contributed by atoms with Crippen LogP contribution in [-0.4, -0.2) is 33.2 Å². The summed E-state index contributed by atoms with van der Waals surface area (Å²) in [7, 11) is 4.20. The fraction of sp³-hybridized carbons (Fsp3) is 0.278. The number of benzene rings is 2. The lowest BCUT2D eigenvalue weighted by Gasteiger charge is -2.19. The maximum absolute atomic E-state index is 12.3. The molecule has 0 fully saturated rings. The molecule has 1 aliphatic rings. The third-order valence-electron chi connectivity index (χ3n) is 3.57. The van der Waals surface area contributed by atoms with E-state index in [0.29, 0.717) is 36.0 Å². The Morgan fingerprint density at radius 3 is 2.43 bits per heavy atom. The highest BCUT2D eigenvalue weighted by molar-refractivity contribution is 6.04. The molecule has 2 aromatic rings. The summed E-state index contributed by atoms with van der Waals surface area (Å²) >= 11 is 0. The smallest absolute Gasteiger partial charge is 0.255 e. The number of ether oxygens (including phenoxy) is 2. The zero-order chi connectivity index (χ0) is 16.2. The van der Waals surface area contributed by atoms with Crippen LogP contribution in [0.5, 0.6) is 11.5 Å². The molecule has 5 nitrogen and oxygen atoms in total. The predicted octanol–water partition coefficient (Wildman–Crippen LogP) is 1.35. The molecule has 23 heavy (non-hydrogen) atoms. The Bertz CT molecular complexity index is 696. The van der Waals surface area contributed by atoms with Crippen LogP contribution in [0.25, 0.3) is 0 Å². The average molecular weight is 313 g/mol. The van der Waals surface area contributed by atoms with Gasteiger partial charge in [0.25, 0.3) is 5.91 Å². The molecular weight excluding hydrogens is 292 g/mol. The average Bonchev–Trinajstić information content (AvgIpc) is 2.55. The Labute approximate surface area is 135 Å². The van der Waals surface area contributed by atoms with Crippen molar-refractivity contribution in [1.82, 2.24) is 0 Å². The minimum atomic E-state index is -0.134. The van der Waals surface area contributed by atoms with Gasteiger partial charge in [-0.1, -0.05) is 12.1 Å². The van der Waals surface area contributed by atoms with Crippen LogP contribution in [0.1, 0.15) is 15.9 Å². The molecule has 0 aliphatic carbocycles. The van der Waals surface area contributed by atoms with Crippen molar-refractivity contribution in [3.05, 3.63) is 53.6 Å². The van der Waals surface area contributed by atoms with Crippen LogP contribution < -0.4 is 19.7 Å². The monoisotopic (exact) mass is 313 g/mol. The fourth-order valence-corrected chi connectivity index (χ4v) is 2.51. The number of quaternary nitrogens is 1. The third kappa shape index (κ3) is 3.81. The summed E-state index contributed by atoms with van der Waals surface area (Å²) in [4.78, 5) is 13.7. The summed E-state index contributed by atoms with van der Waals surface area (Å²) in [5, 5.41) is 2.89. The molecule has 0 spiro atoms. The van der Waals surface area contributed by atoms with Crippen LogP contribution in [0.2, 0.25) is 0 Å². The number of fused-ring (bicyclic) bond motifs is 1. The Hall–Kier alpha value is -2.53. The van der Waals surface area contributed by atoms with Crippen LogP contribution in [0.4, 0.5) is 5.69 Å². The van der Waals surface area contributed by atoms with Gasteiger partial charge in [-0.25, -0.2) is 0 Å². The Balaban J connectivity index is 1.69. The summed E-state index contributed by atoms with van der Waals surface area (Å²) in [5.41, 5.74) is 2.54. The summed E-state index contributed by atoms with van der Waals surface area (Å²) in [5.74, 6) is 1.24. The summed E-state index contributed by atoms with van der Waals surface area (Å²) in [6.45, 7) is 2.02. The van der Waals surface area contributed by atoms with Crippen LogP contribution in [0.15, 0.2) is 42.5 Å². The van der Waals surface area contributed by atoms with E-state index in [1.807, 2.05) is 36.4 Å². The number of anilines is 1. The van der Waals surface area contributed by atoms with E-state index >= 15 is 0 Å². The molecule has 120 valence electrons. The highest BCUT2D eigenvalue weighted by Crippen LogP contribution is 2.32. The lowest BCUT2D eigenvalue weighted by molar-refractivity contribution is -0.872. The van der Waals surface area contributed by atoms with Crippen molar-refractivity contribution in [3.8, 4) is 11.5 Å². The van der Waals surface area contributed by atoms with Gasteiger partial charge in [0, 0.05) is 22.9 Å². The molecule has 2 N–H and O–H groups in total. The molecule has 0 radical (unpaired) electrons. The second-order valence-corrected chi connectivity index (χ2v) is 5.89. The van der Waals surface area contributed by atoms with Gasteiger partial charge in [-0.15, -0.1) is 0 Å². The summed E-state index contributed by atoms with van der Waals surface area (Å²) in [6, 6.07) is 13.1. The summed E-state index contributed by atoms with van der Waals surface area (Å²) in [6.07, 6.45) is 0. The highest BCUT2D eigenvalue weighted by Gasteiger charge is 2.13. The maximum Gasteiger partial charge on any atom is 0.255 e. The van der Waals surface area contributed by atoms with Gasteiger partial charge in [-0.3, -0.25) is 4.79 Å². The number of amides is 1. The van der Waals surface area contributed by atoms with Crippen LogP contribution in [0, 0.1) is 0 Å². The SMILES string of the molecule is C[NH+](C)Cc1ccc(C(=O)Nc2ccc3c(c2)OCCO3)cc1. The zero-order valence-electron chi connectivity index (χ0n) is 13.4. The second kappa shape index (κ2) is 6.71. The van der Waals surface area contributed by atoms with Gasteiger partial charge in [-0.05, 0) is 24.3 Å². The van der Waals surface area contributed by atoms with Gasteiger partial charge in [0.2, 0.25) is 0 Å². The molecule has 1 aliphatic heterocycles. The van der Waals surface area contributed by atoms with E-state index in [0.717, 1.165) is 6.54 Å². The lowest BCUT2D eigenvalue weighted by atomic mass is 10.1. The van der Waals surface area contributed by atoms with E-state index in [1.54, 1.807) is 6.07 Å². The van der Waals surface area contributed by atoms with Crippen LogP contribution in [-0.2, 0) is 6.54 Å². The van der Waals surface area contributed by atoms with Crippen LogP contribution in [0.3, 0.4) is 0 Å². The number of hydrogen-bond acceptors (Lipinski definition) is 3. The Kier molecular flexibility index (Phi) is 4.48. The number of carbonyl (C=O) groups is 1. The van der Waals surface area contributed by atoms with Crippen molar-refractivity contribution in [2.45, 2.75) is 6.54 Å². The van der Waals surface area contributed by atoms with E-state index in [2.05, 4.69) is 19.4 Å². The van der Waals surface area contributed by atoms with Gasteiger partial charge < -0.3 is 19.7 Å². The van der Waals surface area contributed by atoms with Gasteiger partial charge >= 0.3 is 0 Å². The number of nitrogens with one attached hydrogen (secondary N) is 2. The van der Waals surface area contributed by atoms with Crippen molar-refractivity contribution in [2.24, 2.45) is 0 Å². The van der Waals surface area contributed by atoms with Crippen molar-refractivity contribution in [2.75, 3.05) is 32.6 Å². The predicted molar refractivity (Wildman–Crippen MR) is 88.3 cm³/mol. The molecule has 0 atom stereocenters. The normalized spacial score (nSPS) is 13.0. The lowest BCUT2D eigenvalue weighted by Crippen LogP contribution is -3.04. The highest BCUT2D eigenvalue weighted by atomic mass is 16.6. The van der Waals surface area contributed by atoms with Gasteiger partial charge in [0.15, 0.2) is 11.5 Å². The van der Waals surface area contributed by atoms with Gasteiger partial charge in [0.1, 0.15) is 19.8 Å². The standard InChI is InChI=1S/C18H20N2O3/c1-20(2)12-13-3-5-14(6-4-13)18(21)19-15-7-8-16-17(11-15)23-10-9-22-16/h3-8,11H,9-10,12H2,1-2H3,(H,19,21)/p+1. The van der Waals surface area contributed by atoms with Gasteiger partial charge in [0.05, 0.1) is 14.1 Å². The molecule has 5 heteroatoms. The first-order valence-electron chi connectivity index (χ1n) is 7.71. The van der Waals surface area contributed by atoms with E-state index in [9.17, 15) is 4.79 Å². The van der Waals surface area contributed by atoms with E-state index < -0.39 is 0 Å². The largest absolute Gasteiger partial charge is 0.486 e. The van der Waals surface area contributed by atoms with Crippen LogP contribution >= 0.6 is 0 Å². The van der Waals surface area contributed by atoms with Gasteiger partial charge in [-0.2, -0.15) is 0 Å². The second-order valence-electron chi connectivity index (χ2n) is 5.89. The van der Waals surface area contributed by atoms with E-state index in [4.69, 9.17) is 9.47 Å². The molecule has 0 saturated carbocycles. The number of rotatable bonds is 4. The van der Waals surface area contributed by atoms with E-state index in [-0.39, 0.29) is 5.91 Å². The maximum atomic E-state index is 12.3. The van der Waals surface area contributed by atoms with Crippen molar-refractivity contribution in [1.29, 1.82) is 0 Å². The van der Waals surface area contributed by atoms with Crippen molar-refractivity contribution < 1.29 is 19.2 Å². The quantitative estimate of drug-likeness (QED) is 0.896. The van der Waals surface area contributed by atoms with Crippen molar-refractivity contribution >= 4 is 11.6 Å². The molecular formula is C18H21N2O3+. The molecule has 1 amide bonds. The minimum Gasteiger partial charge on any atom is -0.486 e. The summed E-state index contributed by atoms with van der Waals surface area (Å²) < 4.78 is 11.0. The molecule has 2 aromatic carbocycles. The first-order chi connectivity index (χ1) is 11.1. The van der Waals surface area contributed by atoms with E-state index in [1.165, 1.54) is 10.5 Å². The topological polar surface area (TPSA) is 52.0 Å². The fourth-order valence-electron chi connectivity index (χ4n) is 2.51. The molecule has 1 heterocycles. The molecule has 0 bridgehead atoms. The minimum absolute atomic E-state index is 0.134. The number of carbonyl (C=O) groups excluding carboxylic acids is 1. The molecule has 0 unspecified atom stereocenters. The number of hydrogen-bond donors (Lipinski definition) is 2. The third-order valence-corrected chi connectivity index (χ3v) is 3.57. The molecule has 0 aromatic heterocycles. The van der Waals surface area contributed by atoms with Crippen molar-refractivity contribution in [3.63, 3.8) is 0 Å². The Morgan fingerprint density at radius 2 is 1.74 bits per heavy atom. The Morgan fingerprint density at radius 1 is 1.04 bits per heavy atom. The molecule has 3 rings (SSSR count). The molecule has 0 saturated heterocycles. The first kappa shape index (κ1) is 15.4. The first-order valence-corrected chi connectivity index (χ1v) is 7.71. The zero-order valence-corrected chi connectivity index (χ0v) is 13.4.